The van der Waals surface area contributed by atoms with Crippen LogP contribution in [0.2, 0.25) is 0 Å². The molecule has 0 aromatic carbocycles. The molecule has 3 heteroatoms. The van der Waals surface area contributed by atoms with E-state index < -0.39 is 0 Å². The minimum absolute atomic E-state index is 0.0128. The lowest BCUT2D eigenvalue weighted by Gasteiger charge is -2.25. The Labute approximate surface area is 83.7 Å². The molecule has 0 saturated heterocycles. The first-order valence-corrected chi connectivity index (χ1v) is 5.00. The lowest BCUT2D eigenvalue weighted by Crippen LogP contribution is -2.11. The molecule has 1 aromatic heterocycles. The zero-order valence-corrected chi connectivity index (χ0v) is 8.36. The van der Waals surface area contributed by atoms with E-state index in [1.807, 2.05) is 12.1 Å². The van der Waals surface area contributed by atoms with Crippen molar-refractivity contribution < 1.29 is 9.84 Å². The summed E-state index contributed by atoms with van der Waals surface area (Å²) in [6, 6.07) is 3.90. The lowest BCUT2D eigenvalue weighted by molar-refractivity contribution is 0.270. The number of ether oxygens (including phenoxy) is 1. The molecule has 1 saturated carbocycles. The van der Waals surface area contributed by atoms with Gasteiger partial charge in [-0.3, -0.25) is 0 Å². The summed E-state index contributed by atoms with van der Waals surface area (Å²) in [6.45, 7) is -0.0128. The van der Waals surface area contributed by atoms with Crippen LogP contribution in [0, 0.1) is 0 Å². The van der Waals surface area contributed by atoms with E-state index in [2.05, 4.69) is 4.98 Å². The quantitative estimate of drug-likeness (QED) is 0.796. The van der Waals surface area contributed by atoms with Crippen molar-refractivity contribution >= 4 is 0 Å². The molecule has 1 heterocycles. The number of hydrogen-bond acceptors (Lipinski definition) is 3. The molecule has 14 heavy (non-hydrogen) atoms. The van der Waals surface area contributed by atoms with E-state index in [4.69, 9.17) is 9.84 Å². The maximum absolute atomic E-state index is 9.03. The molecule has 0 aliphatic heterocycles. The third-order valence-corrected chi connectivity index (χ3v) is 2.85. The van der Waals surface area contributed by atoms with Crippen LogP contribution in [0.3, 0.4) is 0 Å². The first kappa shape index (κ1) is 9.46. The number of aliphatic hydroxyl groups is 1. The number of methoxy groups -OCH3 is 1. The van der Waals surface area contributed by atoms with Crippen molar-refractivity contribution in [1.82, 2.24) is 4.98 Å². The normalized spacial score (nSPS) is 16.4. The molecule has 1 aliphatic carbocycles. The SMILES string of the molecule is COc1nc(C2CCC2)ccc1CO. The van der Waals surface area contributed by atoms with E-state index in [0.29, 0.717) is 11.8 Å². The Morgan fingerprint density at radius 3 is 2.79 bits per heavy atom. The maximum atomic E-state index is 9.03. The molecule has 1 aliphatic rings. The second kappa shape index (κ2) is 3.96. The summed E-state index contributed by atoms with van der Waals surface area (Å²) < 4.78 is 5.12. The standard InChI is InChI=1S/C11H15NO2/c1-14-11-9(7-13)5-6-10(12-11)8-3-2-4-8/h5-6,8,13H,2-4,7H2,1H3. The van der Waals surface area contributed by atoms with Crippen molar-refractivity contribution in [3.63, 3.8) is 0 Å². The van der Waals surface area contributed by atoms with Gasteiger partial charge in [0, 0.05) is 17.2 Å². The van der Waals surface area contributed by atoms with E-state index in [9.17, 15) is 0 Å². The minimum Gasteiger partial charge on any atom is -0.481 e. The molecular formula is C11H15NO2. The van der Waals surface area contributed by atoms with E-state index in [1.165, 1.54) is 19.3 Å². The average Bonchev–Trinajstić information content (AvgIpc) is 2.15. The first-order valence-electron chi connectivity index (χ1n) is 5.00. The Balaban J connectivity index is 2.26. The highest BCUT2D eigenvalue weighted by molar-refractivity contribution is 5.29. The van der Waals surface area contributed by atoms with Gasteiger partial charge in [0.1, 0.15) is 0 Å². The van der Waals surface area contributed by atoms with Crippen molar-refractivity contribution in [2.75, 3.05) is 7.11 Å². The molecule has 1 aromatic rings. The minimum atomic E-state index is -0.0128. The predicted molar refractivity (Wildman–Crippen MR) is 53.3 cm³/mol. The van der Waals surface area contributed by atoms with Crippen LogP contribution in [0.15, 0.2) is 12.1 Å². The van der Waals surface area contributed by atoms with Gasteiger partial charge in [-0.25, -0.2) is 4.98 Å². The van der Waals surface area contributed by atoms with E-state index in [-0.39, 0.29) is 6.61 Å². The molecule has 1 fully saturated rings. The summed E-state index contributed by atoms with van der Waals surface area (Å²) in [4.78, 5) is 4.40. The highest BCUT2D eigenvalue weighted by atomic mass is 16.5. The Morgan fingerprint density at radius 1 is 1.50 bits per heavy atom. The molecule has 0 atom stereocenters. The highest BCUT2D eigenvalue weighted by Gasteiger charge is 2.21. The second-order valence-corrected chi connectivity index (χ2v) is 3.69. The number of aliphatic hydroxyl groups excluding tert-OH is 1. The Morgan fingerprint density at radius 2 is 2.29 bits per heavy atom. The Hall–Kier alpha value is -1.09. The van der Waals surface area contributed by atoms with Crippen molar-refractivity contribution in [2.24, 2.45) is 0 Å². The number of rotatable bonds is 3. The number of hydrogen-bond donors (Lipinski definition) is 1. The van der Waals surface area contributed by atoms with Gasteiger partial charge in [0.2, 0.25) is 5.88 Å². The second-order valence-electron chi connectivity index (χ2n) is 3.69. The molecular weight excluding hydrogens is 178 g/mol. The molecule has 0 radical (unpaired) electrons. The zero-order chi connectivity index (χ0) is 9.97. The fraction of sp³-hybridized carbons (Fsp3) is 0.545. The maximum Gasteiger partial charge on any atom is 0.218 e. The molecule has 76 valence electrons. The van der Waals surface area contributed by atoms with Crippen LogP contribution in [0.5, 0.6) is 5.88 Å². The zero-order valence-electron chi connectivity index (χ0n) is 8.36. The van der Waals surface area contributed by atoms with Crippen LogP contribution in [0.4, 0.5) is 0 Å². The van der Waals surface area contributed by atoms with Crippen LogP contribution in [0.1, 0.15) is 36.4 Å². The fourth-order valence-electron chi connectivity index (χ4n) is 1.71. The van der Waals surface area contributed by atoms with Crippen LogP contribution in [-0.4, -0.2) is 17.2 Å². The van der Waals surface area contributed by atoms with Crippen molar-refractivity contribution in [2.45, 2.75) is 31.8 Å². The average molecular weight is 193 g/mol. The molecule has 0 bridgehead atoms. The fourth-order valence-corrected chi connectivity index (χ4v) is 1.71. The van der Waals surface area contributed by atoms with Crippen molar-refractivity contribution in [1.29, 1.82) is 0 Å². The van der Waals surface area contributed by atoms with Crippen molar-refractivity contribution in [3.05, 3.63) is 23.4 Å². The van der Waals surface area contributed by atoms with Gasteiger partial charge >= 0.3 is 0 Å². The summed E-state index contributed by atoms with van der Waals surface area (Å²) in [5, 5.41) is 9.03. The largest absolute Gasteiger partial charge is 0.481 e. The third kappa shape index (κ3) is 1.60. The van der Waals surface area contributed by atoms with Gasteiger partial charge in [-0.2, -0.15) is 0 Å². The number of nitrogens with zero attached hydrogens (tertiary/aromatic N) is 1. The molecule has 1 N–H and O–H groups in total. The Bertz CT molecular complexity index is 321. The van der Waals surface area contributed by atoms with Gasteiger partial charge in [-0.1, -0.05) is 6.42 Å². The topological polar surface area (TPSA) is 42.4 Å². The first-order chi connectivity index (χ1) is 6.85. The summed E-state index contributed by atoms with van der Waals surface area (Å²) >= 11 is 0. The van der Waals surface area contributed by atoms with Gasteiger partial charge in [-0.05, 0) is 25.0 Å². The molecule has 2 rings (SSSR count). The van der Waals surface area contributed by atoms with E-state index in [0.717, 1.165) is 11.3 Å². The van der Waals surface area contributed by atoms with Gasteiger partial charge in [0.25, 0.3) is 0 Å². The van der Waals surface area contributed by atoms with Gasteiger partial charge < -0.3 is 9.84 Å². The van der Waals surface area contributed by atoms with Crippen LogP contribution >= 0.6 is 0 Å². The van der Waals surface area contributed by atoms with Gasteiger partial charge in [0.05, 0.1) is 13.7 Å². The van der Waals surface area contributed by atoms with Crippen LogP contribution in [-0.2, 0) is 6.61 Å². The molecule has 0 spiro atoms. The van der Waals surface area contributed by atoms with Crippen molar-refractivity contribution in [3.8, 4) is 5.88 Å². The van der Waals surface area contributed by atoms with Gasteiger partial charge in [0.15, 0.2) is 0 Å². The molecule has 0 unspecified atom stereocenters. The van der Waals surface area contributed by atoms with Gasteiger partial charge in [-0.15, -0.1) is 0 Å². The predicted octanol–water partition coefficient (Wildman–Crippen LogP) is 1.85. The summed E-state index contributed by atoms with van der Waals surface area (Å²) in [6.07, 6.45) is 3.76. The monoisotopic (exact) mass is 193 g/mol. The lowest BCUT2D eigenvalue weighted by atomic mass is 9.82. The molecule has 0 amide bonds. The highest BCUT2D eigenvalue weighted by Crippen LogP contribution is 2.36. The van der Waals surface area contributed by atoms with Crippen LogP contribution < -0.4 is 4.74 Å². The number of aromatic nitrogens is 1. The summed E-state index contributed by atoms with van der Waals surface area (Å²) in [5.74, 6) is 1.17. The summed E-state index contributed by atoms with van der Waals surface area (Å²) in [5.41, 5.74) is 1.86. The number of pyridine rings is 1. The molecule has 3 nitrogen and oxygen atoms in total. The van der Waals surface area contributed by atoms with E-state index in [1.54, 1.807) is 7.11 Å². The van der Waals surface area contributed by atoms with E-state index >= 15 is 0 Å². The van der Waals surface area contributed by atoms with Crippen LogP contribution in [0.25, 0.3) is 0 Å². The smallest absolute Gasteiger partial charge is 0.218 e. The summed E-state index contributed by atoms with van der Waals surface area (Å²) in [7, 11) is 1.59. The third-order valence-electron chi connectivity index (χ3n) is 2.85. The Kier molecular flexibility index (Phi) is 2.68.